The van der Waals surface area contributed by atoms with Crippen molar-refractivity contribution < 1.29 is 37.8 Å². The quantitative estimate of drug-likeness (QED) is 0.329. The minimum Gasteiger partial charge on any atom is -0.422 e. The van der Waals surface area contributed by atoms with Gasteiger partial charge in [0.1, 0.15) is 5.82 Å². The minimum absolute atomic E-state index is 0.219. The lowest BCUT2D eigenvalue weighted by Gasteiger charge is -2.34. The molecular formula is C19H16FNO7. The van der Waals surface area contributed by atoms with Crippen LogP contribution in [0.1, 0.15) is 13.8 Å². The number of amides is 2. The fourth-order valence-electron chi connectivity index (χ4n) is 4.06. The topological polar surface area (TPSA) is 99.2 Å². The molecule has 0 aromatic heterocycles. The number of hydrogen-bond donors (Lipinski definition) is 0. The van der Waals surface area contributed by atoms with Crippen LogP contribution in [-0.4, -0.2) is 41.7 Å². The number of carbonyl (C=O) groups is 4. The second kappa shape index (κ2) is 6.23. The number of nitrogens with zero attached hydrogens (tertiary/aromatic N) is 1. The van der Waals surface area contributed by atoms with Crippen LogP contribution < -0.4 is 4.90 Å². The molecule has 2 amide bonds. The first-order valence-corrected chi connectivity index (χ1v) is 8.59. The van der Waals surface area contributed by atoms with E-state index in [-0.39, 0.29) is 5.69 Å². The maximum Gasteiger partial charge on any atom is 0.305 e. The predicted octanol–water partition coefficient (Wildman–Crippen LogP) is 1.09. The number of rotatable bonds is 4. The van der Waals surface area contributed by atoms with Crippen molar-refractivity contribution in [2.45, 2.75) is 31.8 Å². The van der Waals surface area contributed by atoms with Crippen LogP contribution in [0.5, 0.6) is 0 Å². The van der Waals surface area contributed by atoms with E-state index in [1.807, 2.05) is 0 Å². The van der Waals surface area contributed by atoms with E-state index in [0.29, 0.717) is 0 Å². The Morgan fingerprint density at radius 3 is 2.29 bits per heavy atom. The first-order chi connectivity index (χ1) is 13.2. The number of ether oxygens (including phenoxy) is 3. The molecule has 146 valence electrons. The number of benzene rings is 1. The molecule has 2 bridgehead atoms. The summed E-state index contributed by atoms with van der Waals surface area (Å²) in [6.07, 6.45) is 0.819. The second-order valence-corrected chi connectivity index (χ2v) is 6.84. The third-order valence-electron chi connectivity index (χ3n) is 5.08. The van der Waals surface area contributed by atoms with Crippen molar-refractivity contribution in [3.8, 4) is 0 Å². The molecule has 0 saturated carbocycles. The fourth-order valence-corrected chi connectivity index (χ4v) is 4.06. The lowest BCUT2D eigenvalue weighted by Crippen LogP contribution is -2.52. The van der Waals surface area contributed by atoms with Crippen LogP contribution in [0.4, 0.5) is 10.1 Å². The molecule has 0 unspecified atom stereocenters. The zero-order valence-corrected chi connectivity index (χ0v) is 15.0. The van der Waals surface area contributed by atoms with Gasteiger partial charge in [-0.25, -0.2) is 9.29 Å². The largest absolute Gasteiger partial charge is 0.422 e. The van der Waals surface area contributed by atoms with Gasteiger partial charge in [0.15, 0.2) is 5.60 Å². The van der Waals surface area contributed by atoms with Crippen LogP contribution in [0.15, 0.2) is 36.4 Å². The van der Waals surface area contributed by atoms with Gasteiger partial charge < -0.3 is 14.2 Å². The molecule has 1 aromatic rings. The van der Waals surface area contributed by atoms with Crippen LogP contribution in [0.3, 0.4) is 0 Å². The summed E-state index contributed by atoms with van der Waals surface area (Å²) in [5.74, 6) is -5.01. The molecule has 2 fully saturated rings. The zero-order chi connectivity index (χ0) is 20.2. The number of carbonyl (C=O) groups excluding carboxylic acids is 4. The summed E-state index contributed by atoms with van der Waals surface area (Å²) in [5.41, 5.74) is -1.38. The molecule has 28 heavy (non-hydrogen) atoms. The molecule has 3 aliphatic heterocycles. The van der Waals surface area contributed by atoms with Gasteiger partial charge in [0.05, 0.1) is 23.6 Å². The van der Waals surface area contributed by atoms with Gasteiger partial charge in [-0.05, 0) is 30.3 Å². The minimum atomic E-state index is -1.60. The van der Waals surface area contributed by atoms with Crippen LogP contribution in [0.2, 0.25) is 0 Å². The van der Waals surface area contributed by atoms with E-state index in [1.165, 1.54) is 18.2 Å². The highest BCUT2D eigenvalue weighted by molar-refractivity contribution is 6.23. The molecule has 0 spiro atoms. The Morgan fingerprint density at radius 1 is 1.11 bits per heavy atom. The predicted molar refractivity (Wildman–Crippen MR) is 89.9 cm³/mol. The number of fused-ring (bicyclic) bond motifs is 5. The maximum atomic E-state index is 13.2. The van der Waals surface area contributed by atoms with Crippen LogP contribution >= 0.6 is 0 Å². The van der Waals surface area contributed by atoms with Crippen molar-refractivity contribution in [1.29, 1.82) is 0 Å². The monoisotopic (exact) mass is 389 g/mol. The van der Waals surface area contributed by atoms with Crippen LogP contribution in [0, 0.1) is 17.7 Å². The Labute approximate surface area is 158 Å². The number of halogens is 1. The summed E-state index contributed by atoms with van der Waals surface area (Å²) in [7, 11) is 0. The normalized spacial score (nSPS) is 30.1. The molecule has 0 aliphatic carbocycles. The molecule has 9 heteroatoms. The number of anilines is 1. The molecule has 4 atom stereocenters. The van der Waals surface area contributed by atoms with Crippen molar-refractivity contribution in [1.82, 2.24) is 0 Å². The third-order valence-corrected chi connectivity index (χ3v) is 5.08. The van der Waals surface area contributed by atoms with Crippen LogP contribution in [-0.2, 0) is 33.4 Å². The van der Waals surface area contributed by atoms with Gasteiger partial charge in [-0.15, -0.1) is 0 Å². The fraction of sp³-hybridized carbons (Fsp3) is 0.368. The highest BCUT2D eigenvalue weighted by Gasteiger charge is 2.72. The zero-order valence-electron chi connectivity index (χ0n) is 15.0. The standard InChI is InChI=1S/C19H16FNO7/c1-9(22)26-18(27-10(2)23)19-8-7-13(28-19)14-15(19)17(25)21(16(14)24)12-5-3-11(20)4-6-12/h3-8,13-15,18H,1-2H3/t13-,14+,15+,19+/m0/s1. The molecular weight excluding hydrogens is 373 g/mol. The lowest BCUT2D eigenvalue weighted by molar-refractivity contribution is -0.226. The van der Waals surface area contributed by atoms with Gasteiger partial charge in [-0.2, -0.15) is 0 Å². The Hall–Kier alpha value is -3.07. The van der Waals surface area contributed by atoms with Gasteiger partial charge in [0.25, 0.3) is 6.29 Å². The van der Waals surface area contributed by atoms with Crippen molar-refractivity contribution >= 4 is 29.4 Å². The molecule has 8 nitrogen and oxygen atoms in total. The highest BCUT2D eigenvalue weighted by Crippen LogP contribution is 2.54. The second-order valence-electron chi connectivity index (χ2n) is 6.84. The maximum absolute atomic E-state index is 13.2. The summed E-state index contributed by atoms with van der Waals surface area (Å²) in [5, 5.41) is 0. The number of hydrogen-bond acceptors (Lipinski definition) is 7. The average Bonchev–Trinajstić information content (AvgIpc) is 3.26. The summed E-state index contributed by atoms with van der Waals surface area (Å²) in [6, 6.07) is 4.93. The first kappa shape index (κ1) is 18.3. The molecule has 2 saturated heterocycles. The van der Waals surface area contributed by atoms with Gasteiger partial charge >= 0.3 is 11.9 Å². The molecule has 4 rings (SSSR count). The Morgan fingerprint density at radius 2 is 1.71 bits per heavy atom. The molecule has 3 aliphatic rings. The highest BCUT2D eigenvalue weighted by atomic mass is 19.1. The average molecular weight is 389 g/mol. The third kappa shape index (κ3) is 2.54. The molecule has 1 aromatic carbocycles. The van der Waals surface area contributed by atoms with Crippen molar-refractivity contribution in [2.75, 3.05) is 4.90 Å². The summed E-state index contributed by atoms with van der Waals surface area (Å²) in [4.78, 5) is 50.2. The van der Waals surface area contributed by atoms with Gasteiger partial charge in [-0.1, -0.05) is 6.08 Å². The van der Waals surface area contributed by atoms with E-state index in [0.717, 1.165) is 30.9 Å². The van der Waals surface area contributed by atoms with Gasteiger partial charge in [0, 0.05) is 13.8 Å². The van der Waals surface area contributed by atoms with E-state index >= 15 is 0 Å². The van der Waals surface area contributed by atoms with Gasteiger partial charge in [-0.3, -0.25) is 19.2 Å². The molecule has 0 radical (unpaired) electrons. The van der Waals surface area contributed by atoms with E-state index in [2.05, 4.69) is 0 Å². The van der Waals surface area contributed by atoms with Crippen molar-refractivity contribution in [3.05, 3.63) is 42.2 Å². The smallest absolute Gasteiger partial charge is 0.305 e. The Balaban J connectivity index is 1.74. The lowest BCUT2D eigenvalue weighted by atomic mass is 9.76. The van der Waals surface area contributed by atoms with E-state index in [1.54, 1.807) is 6.08 Å². The number of imide groups is 1. The molecule has 0 N–H and O–H groups in total. The van der Waals surface area contributed by atoms with E-state index < -0.39 is 59.4 Å². The SMILES string of the molecule is CC(=O)OC(OC(C)=O)[C@]12C=C[C@H](O1)[C@H]1C(=O)N(c3ccc(F)cc3)C(=O)[C@@H]12. The van der Waals surface area contributed by atoms with Crippen molar-refractivity contribution in [3.63, 3.8) is 0 Å². The Bertz CT molecular complexity index is 895. The first-order valence-electron chi connectivity index (χ1n) is 8.59. The number of esters is 2. The summed E-state index contributed by atoms with van der Waals surface area (Å²) < 4.78 is 29.3. The summed E-state index contributed by atoms with van der Waals surface area (Å²) in [6.45, 7) is 2.25. The Kier molecular flexibility index (Phi) is 4.07. The molecule has 3 heterocycles. The van der Waals surface area contributed by atoms with E-state index in [4.69, 9.17) is 14.2 Å². The van der Waals surface area contributed by atoms with Crippen LogP contribution in [0.25, 0.3) is 0 Å². The van der Waals surface area contributed by atoms with Crippen molar-refractivity contribution in [2.24, 2.45) is 11.8 Å². The summed E-state index contributed by atoms with van der Waals surface area (Å²) >= 11 is 0. The van der Waals surface area contributed by atoms with E-state index in [9.17, 15) is 23.6 Å². The van der Waals surface area contributed by atoms with Gasteiger partial charge in [0.2, 0.25) is 11.8 Å².